The number of thioether (sulfide) groups is 2. The third-order valence-corrected chi connectivity index (χ3v) is 4.64. The van der Waals surface area contributed by atoms with Gasteiger partial charge in [0.05, 0.1) is 16.8 Å². The summed E-state index contributed by atoms with van der Waals surface area (Å²) in [4.78, 5) is 0. The number of aliphatic hydroxyl groups is 3. The van der Waals surface area contributed by atoms with Crippen LogP contribution in [-0.2, 0) is 0 Å². The third-order valence-electron chi connectivity index (χ3n) is 2.03. The molecule has 0 aromatic heterocycles. The Kier molecular flexibility index (Phi) is 9.04. The summed E-state index contributed by atoms with van der Waals surface area (Å²) in [5, 5.41) is 28.3. The fraction of sp³-hybridized carbons (Fsp3) is 1.00. The van der Waals surface area contributed by atoms with Crippen molar-refractivity contribution >= 4 is 23.5 Å². The minimum absolute atomic E-state index is 0.295. The molecule has 0 aromatic carbocycles. The molecule has 0 saturated heterocycles. The summed E-state index contributed by atoms with van der Waals surface area (Å²) in [7, 11) is 0. The van der Waals surface area contributed by atoms with E-state index in [0.29, 0.717) is 11.0 Å². The van der Waals surface area contributed by atoms with Crippen LogP contribution in [0.4, 0.5) is 0 Å². The second kappa shape index (κ2) is 8.70. The maximum absolute atomic E-state index is 9.68. The van der Waals surface area contributed by atoms with Crippen molar-refractivity contribution in [2.24, 2.45) is 0 Å². The standard InChI is InChI=1S/C10H22O3S2/c1-4-14-9(15-5-2)6-8(12)10(13)7(3)11/h7-13H,4-6H2,1-3H3/t7-,8+,10-/m1/s1. The van der Waals surface area contributed by atoms with E-state index in [1.165, 1.54) is 6.92 Å². The Hall–Kier alpha value is 0.580. The molecule has 0 aliphatic carbocycles. The molecule has 0 amide bonds. The van der Waals surface area contributed by atoms with Crippen LogP contribution in [0.1, 0.15) is 27.2 Å². The second-order valence-corrected chi connectivity index (χ2v) is 6.63. The molecule has 0 saturated carbocycles. The first-order chi connectivity index (χ1) is 7.02. The molecule has 3 nitrogen and oxygen atoms in total. The molecule has 0 radical (unpaired) electrons. The highest BCUT2D eigenvalue weighted by molar-refractivity contribution is 8.16. The molecule has 3 N–H and O–H groups in total. The van der Waals surface area contributed by atoms with Gasteiger partial charge in [-0.15, -0.1) is 23.5 Å². The minimum Gasteiger partial charge on any atom is -0.391 e. The van der Waals surface area contributed by atoms with Gasteiger partial charge in [-0.25, -0.2) is 0 Å². The van der Waals surface area contributed by atoms with Crippen LogP contribution < -0.4 is 0 Å². The van der Waals surface area contributed by atoms with Crippen molar-refractivity contribution in [1.29, 1.82) is 0 Å². The van der Waals surface area contributed by atoms with Gasteiger partial charge in [0.15, 0.2) is 0 Å². The monoisotopic (exact) mass is 254 g/mol. The van der Waals surface area contributed by atoms with Crippen LogP contribution in [-0.4, -0.2) is 49.7 Å². The van der Waals surface area contributed by atoms with Crippen LogP contribution in [0.3, 0.4) is 0 Å². The molecule has 5 heteroatoms. The molecule has 0 fully saturated rings. The summed E-state index contributed by atoms with van der Waals surface area (Å²) in [6.45, 7) is 5.64. The normalized spacial score (nSPS) is 17.8. The van der Waals surface area contributed by atoms with Crippen molar-refractivity contribution in [3.63, 3.8) is 0 Å². The Morgan fingerprint density at radius 2 is 1.47 bits per heavy atom. The predicted molar refractivity (Wildman–Crippen MR) is 68.4 cm³/mol. The van der Waals surface area contributed by atoms with E-state index >= 15 is 0 Å². The Morgan fingerprint density at radius 3 is 1.80 bits per heavy atom. The average Bonchev–Trinajstić information content (AvgIpc) is 2.17. The van der Waals surface area contributed by atoms with Crippen LogP contribution in [0.2, 0.25) is 0 Å². The van der Waals surface area contributed by atoms with Gasteiger partial charge >= 0.3 is 0 Å². The Bertz CT molecular complexity index is 150. The first-order valence-electron chi connectivity index (χ1n) is 5.30. The number of hydrogen-bond donors (Lipinski definition) is 3. The van der Waals surface area contributed by atoms with Gasteiger partial charge in [-0.05, 0) is 24.9 Å². The Balaban J connectivity index is 4.02. The molecule has 0 aliphatic heterocycles. The maximum atomic E-state index is 9.68. The maximum Gasteiger partial charge on any atom is 0.105 e. The topological polar surface area (TPSA) is 60.7 Å². The van der Waals surface area contributed by atoms with Crippen LogP contribution in [0, 0.1) is 0 Å². The summed E-state index contributed by atoms with van der Waals surface area (Å²) >= 11 is 3.54. The van der Waals surface area contributed by atoms with Gasteiger partial charge in [0.1, 0.15) is 6.10 Å². The van der Waals surface area contributed by atoms with Crippen molar-refractivity contribution in [3.05, 3.63) is 0 Å². The second-order valence-electron chi connectivity index (χ2n) is 3.37. The van der Waals surface area contributed by atoms with Gasteiger partial charge in [0.25, 0.3) is 0 Å². The molecule has 0 aromatic rings. The molecule has 0 heterocycles. The van der Waals surface area contributed by atoms with Gasteiger partial charge in [-0.2, -0.15) is 0 Å². The quantitative estimate of drug-likeness (QED) is 0.570. The van der Waals surface area contributed by atoms with E-state index in [0.717, 1.165) is 11.5 Å². The molecule has 92 valence electrons. The van der Waals surface area contributed by atoms with Gasteiger partial charge in [-0.3, -0.25) is 0 Å². The minimum atomic E-state index is -1.04. The predicted octanol–water partition coefficient (Wildman–Crippen LogP) is 1.31. The largest absolute Gasteiger partial charge is 0.391 e. The lowest BCUT2D eigenvalue weighted by atomic mass is 10.1. The SMILES string of the molecule is CCSC(C[C@H](O)[C@H](O)[C@@H](C)O)SCC. The van der Waals surface area contributed by atoms with Crippen LogP contribution in [0.15, 0.2) is 0 Å². The zero-order valence-corrected chi connectivity index (χ0v) is 11.2. The number of hydrogen-bond acceptors (Lipinski definition) is 5. The van der Waals surface area contributed by atoms with Gasteiger partial charge in [0, 0.05) is 0 Å². The fourth-order valence-electron chi connectivity index (χ4n) is 1.21. The van der Waals surface area contributed by atoms with E-state index in [1.54, 1.807) is 23.5 Å². The first kappa shape index (κ1) is 15.6. The average molecular weight is 254 g/mol. The van der Waals surface area contributed by atoms with Crippen LogP contribution in [0.25, 0.3) is 0 Å². The van der Waals surface area contributed by atoms with Crippen molar-refractivity contribution in [3.8, 4) is 0 Å². The fourth-order valence-corrected chi connectivity index (χ4v) is 3.83. The lowest BCUT2D eigenvalue weighted by Crippen LogP contribution is -2.36. The first-order valence-corrected chi connectivity index (χ1v) is 7.40. The van der Waals surface area contributed by atoms with Crippen molar-refractivity contribution < 1.29 is 15.3 Å². The van der Waals surface area contributed by atoms with E-state index in [2.05, 4.69) is 13.8 Å². The molecular weight excluding hydrogens is 232 g/mol. The molecule has 0 unspecified atom stereocenters. The van der Waals surface area contributed by atoms with Crippen molar-refractivity contribution in [1.82, 2.24) is 0 Å². The molecule has 0 aliphatic rings. The summed E-state index contributed by atoms with van der Waals surface area (Å²) in [5.74, 6) is 1.99. The van der Waals surface area contributed by atoms with E-state index in [4.69, 9.17) is 5.11 Å². The summed E-state index contributed by atoms with van der Waals surface area (Å²) < 4.78 is 0.295. The third kappa shape index (κ3) is 6.68. The van der Waals surface area contributed by atoms with E-state index in [9.17, 15) is 10.2 Å². The van der Waals surface area contributed by atoms with Gasteiger partial charge < -0.3 is 15.3 Å². The lowest BCUT2D eigenvalue weighted by molar-refractivity contribution is -0.0526. The summed E-state index contributed by atoms with van der Waals surface area (Å²) in [5.41, 5.74) is 0. The Labute approximate surface area is 101 Å². The molecule has 0 spiro atoms. The zero-order chi connectivity index (χ0) is 11.8. The highest BCUT2D eigenvalue weighted by Gasteiger charge is 2.24. The van der Waals surface area contributed by atoms with Gasteiger partial charge in [0.2, 0.25) is 0 Å². The lowest BCUT2D eigenvalue weighted by Gasteiger charge is -2.24. The van der Waals surface area contributed by atoms with E-state index in [-0.39, 0.29) is 0 Å². The zero-order valence-electron chi connectivity index (χ0n) is 9.59. The van der Waals surface area contributed by atoms with Crippen molar-refractivity contribution in [2.45, 2.75) is 50.1 Å². The highest BCUT2D eigenvalue weighted by atomic mass is 32.2. The number of rotatable bonds is 8. The number of aliphatic hydroxyl groups excluding tert-OH is 3. The van der Waals surface area contributed by atoms with Crippen LogP contribution in [0.5, 0.6) is 0 Å². The van der Waals surface area contributed by atoms with E-state index in [1.807, 2.05) is 0 Å². The molecular formula is C10H22O3S2. The molecule has 0 rings (SSSR count). The Morgan fingerprint density at radius 1 is 1.00 bits per heavy atom. The van der Waals surface area contributed by atoms with Gasteiger partial charge in [-0.1, -0.05) is 13.8 Å². The smallest absolute Gasteiger partial charge is 0.105 e. The van der Waals surface area contributed by atoms with Crippen LogP contribution >= 0.6 is 23.5 Å². The molecule has 3 atom stereocenters. The molecule has 0 bridgehead atoms. The van der Waals surface area contributed by atoms with Crippen molar-refractivity contribution in [2.75, 3.05) is 11.5 Å². The highest BCUT2D eigenvalue weighted by Crippen LogP contribution is 2.28. The summed E-state index contributed by atoms with van der Waals surface area (Å²) in [6, 6.07) is 0. The van der Waals surface area contributed by atoms with E-state index < -0.39 is 18.3 Å². The molecule has 15 heavy (non-hydrogen) atoms. The summed E-state index contributed by atoms with van der Waals surface area (Å²) in [6.07, 6.45) is -2.24.